The van der Waals surface area contributed by atoms with Crippen molar-refractivity contribution in [1.29, 1.82) is 10.5 Å². The van der Waals surface area contributed by atoms with E-state index in [4.69, 9.17) is 23.7 Å². The molecule has 2 aromatic carbocycles. The average Bonchev–Trinajstić information content (AvgIpc) is 3.36. The SMILES string of the molecule is [C-]#[N+]C(C#N)=Nc1cc2c(C)cc3c(cc(C)c4cc(N=C(C#N)[N+]#[C-])sc43)c2s1. The van der Waals surface area contributed by atoms with Gasteiger partial charge < -0.3 is 9.69 Å². The first-order valence-electron chi connectivity index (χ1n) is 8.61. The van der Waals surface area contributed by atoms with Crippen molar-refractivity contribution in [1.82, 2.24) is 0 Å². The lowest BCUT2D eigenvalue weighted by atomic mass is 10.00. The maximum Gasteiger partial charge on any atom is 0.350 e. The Labute approximate surface area is 179 Å². The Balaban J connectivity index is 2.05. The van der Waals surface area contributed by atoms with Crippen LogP contribution in [0.15, 0.2) is 34.3 Å². The van der Waals surface area contributed by atoms with Crippen LogP contribution in [-0.2, 0) is 0 Å². The summed E-state index contributed by atoms with van der Waals surface area (Å²) >= 11 is 2.91. The number of benzene rings is 2. The molecule has 0 saturated heterocycles. The quantitative estimate of drug-likeness (QED) is 0.201. The minimum absolute atomic E-state index is 0.184. The predicted molar refractivity (Wildman–Crippen MR) is 123 cm³/mol. The fourth-order valence-corrected chi connectivity index (χ4v) is 5.58. The van der Waals surface area contributed by atoms with Crippen LogP contribution in [0.1, 0.15) is 11.1 Å². The Hall–Kier alpha value is -4.08. The molecule has 0 amide bonds. The zero-order valence-electron chi connectivity index (χ0n) is 15.8. The van der Waals surface area contributed by atoms with Crippen LogP contribution in [0.4, 0.5) is 10.0 Å². The first-order valence-corrected chi connectivity index (χ1v) is 10.2. The van der Waals surface area contributed by atoms with Crippen LogP contribution in [0.3, 0.4) is 0 Å². The predicted octanol–water partition coefficient (Wildman–Crippen LogP) is 6.83. The molecular weight excluding hydrogens is 412 g/mol. The summed E-state index contributed by atoms with van der Waals surface area (Å²) in [5.74, 6) is -0.369. The second-order valence-electron chi connectivity index (χ2n) is 6.45. The number of thiophene rings is 2. The van der Waals surface area contributed by atoms with E-state index in [-0.39, 0.29) is 11.7 Å². The highest BCUT2D eigenvalue weighted by Crippen LogP contribution is 2.45. The van der Waals surface area contributed by atoms with Gasteiger partial charge in [0.25, 0.3) is 0 Å². The molecule has 0 aliphatic rings. The maximum absolute atomic E-state index is 9.01. The molecule has 0 atom stereocenters. The lowest BCUT2D eigenvalue weighted by Gasteiger charge is -2.06. The van der Waals surface area contributed by atoms with Gasteiger partial charge in [-0.25, -0.2) is 10.5 Å². The normalized spacial score (nSPS) is 11.9. The number of aliphatic imine (C=N–C) groups is 2. The summed E-state index contributed by atoms with van der Waals surface area (Å²) in [5, 5.41) is 23.5. The number of fused-ring (bicyclic) bond motifs is 5. The smallest absolute Gasteiger partial charge is 0.350 e. The summed E-state index contributed by atoms with van der Waals surface area (Å²) in [7, 11) is 0. The van der Waals surface area contributed by atoms with Gasteiger partial charge in [-0.15, -0.1) is 0 Å². The number of hydrogen-bond donors (Lipinski definition) is 0. The molecular formula is C22H10N6S2. The lowest BCUT2D eigenvalue weighted by molar-refractivity contribution is 1.53. The van der Waals surface area contributed by atoms with Crippen molar-refractivity contribution in [2.24, 2.45) is 9.98 Å². The highest BCUT2D eigenvalue weighted by Gasteiger charge is 2.17. The molecule has 8 heteroatoms. The molecule has 140 valence electrons. The zero-order chi connectivity index (χ0) is 21.4. The van der Waals surface area contributed by atoms with Crippen molar-refractivity contribution in [2.45, 2.75) is 13.8 Å². The highest BCUT2D eigenvalue weighted by molar-refractivity contribution is 7.24. The molecule has 4 aromatic rings. The Kier molecular flexibility index (Phi) is 4.74. The molecule has 0 N–H and O–H groups in total. The largest absolute Gasteiger partial charge is 0.351 e. The van der Waals surface area contributed by atoms with Gasteiger partial charge in [0, 0.05) is 43.1 Å². The van der Waals surface area contributed by atoms with E-state index in [9.17, 15) is 0 Å². The van der Waals surface area contributed by atoms with E-state index >= 15 is 0 Å². The minimum atomic E-state index is -0.184. The summed E-state index contributed by atoms with van der Waals surface area (Å²) in [5.41, 5.74) is 2.14. The van der Waals surface area contributed by atoms with Gasteiger partial charge in [0.2, 0.25) is 10.0 Å². The van der Waals surface area contributed by atoms with E-state index in [1.54, 1.807) is 12.1 Å². The summed E-state index contributed by atoms with van der Waals surface area (Å²) < 4.78 is 2.10. The van der Waals surface area contributed by atoms with E-state index in [0.29, 0.717) is 10.0 Å². The first kappa shape index (κ1) is 19.2. The van der Waals surface area contributed by atoms with Gasteiger partial charge in [0.1, 0.15) is 12.1 Å². The highest BCUT2D eigenvalue weighted by atomic mass is 32.1. The van der Waals surface area contributed by atoms with Gasteiger partial charge in [-0.3, -0.25) is 0 Å². The van der Waals surface area contributed by atoms with Crippen molar-refractivity contribution < 1.29 is 0 Å². The molecule has 0 fully saturated rings. The first-order chi connectivity index (χ1) is 14.5. The molecule has 0 aliphatic carbocycles. The van der Waals surface area contributed by atoms with E-state index in [1.165, 1.54) is 22.7 Å². The number of nitrogens with zero attached hydrogens (tertiary/aromatic N) is 6. The van der Waals surface area contributed by atoms with Crippen molar-refractivity contribution in [3.63, 3.8) is 0 Å². The molecule has 0 aliphatic heterocycles. The second kappa shape index (κ2) is 7.39. The van der Waals surface area contributed by atoms with Gasteiger partial charge in [-0.2, -0.15) is 0 Å². The van der Waals surface area contributed by atoms with Gasteiger partial charge in [0.05, 0.1) is 0 Å². The average molecular weight is 422 g/mol. The van der Waals surface area contributed by atoms with Crippen molar-refractivity contribution >= 4 is 75.3 Å². The van der Waals surface area contributed by atoms with Crippen LogP contribution >= 0.6 is 22.7 Å². The van der Waals surface area contributed by atoms with Gasteiger partial charge in [-0.1, -0.05) is 45.8 Å². The summed E-state index contributed by atoms with van der Waals surface area (Å²) in [4.78, 5) is 14.6. The third-order valence-electron chi connectivity index (χ3n) is 4.63. The fraction of sp³-hybridized carbons (Fsp3) is 0.0909. The van der Waals surface area contributed by atoms with Gasteiger partial charge in [0.15, 0.2) is 0 Å². The number of aryl methyl sites for hydroxylation is 2. The Morgan fingerprint density at radius 2 is 1.17 bits per heavy atom. The van der Waals surface area contributed by atoms with E-state index in [0.717, 1.165) is 42.1 Å². The molecule has 0 saturated carbocycles. The number of rotatable bonds is 2. The molecule has 2 aromatic heterocycles. The lowest BCUT2D eigenvalue weighted by Crippen LogP contribution is -1.81. The van der Waals surface area contributed by atoms with Crippen molar-refractivity contribution in [3.05, 3.63) is 58.2 Å². The third kappa shape index (κ3) is 3.08. The van der Waals surface area contributed by atoms with E-state index in [2.05, 4.69) is 31.8 Å². The van der Waals surface area contributed by atoms with Crippen LogP contribution in [0.2, 0.25) is 0 Å². The van der Waals surface area contributed by atoms with E-state index < -0.39 is 0 Å². The monoisotopic (exact) mass is 422 g/mol. The zero-order valence-corrected chi connectivity index (χ0v) is 17.4. The second-order valence-corrected chi connectivity index (χ2v) is 8.52. The van der Waals surface area contributed by atoms with Crippen LogP contribution in [0, 0.1) is 49.7 Å². The number of nitriles is 2. The van der Waals surface area contributed by atoms with Crippen LogP contribution < -0.4 is 0 Å². The van der Waals surface area contributed by atoms with Gasteiger partial charge in [-0.05, 0) is 37.1 Å². The topological polar surface area (TPSA) is 81.0 Å². The molecule has 0 spiro atoms. The Bertz CT molecular complexity index is 1450. The van der Waals surface area contributed by atoms with Crippen molar-refractivity contribution in [2.75, 3.05) is 0 Å². The molecule has 0 radical (unpaired) electrons. The summed E-state index contributed by atoms with van der Waals surface area (Å²) in [6, 6.07) is 11.7. The Morgan fingerprint density at radius 1 is 0.767 bits per heavy atom. The number of amidine groups is 2. The van der Waals surface area contributed by atoms with Crippen molar-refractivity contribution in [3.8, 4) is 12.1 Å². The van der Waals surface area contributed by atoms with Crippen LogP contribution in [-0.4, -0.2) is 11.7 Å². The van der Waals surface area contributed by atoms with E-state index in [1.807, 2.05) is 26.0 Å². The molecule has 0 unspecified atom stereocenters. The molecule has 30 heavy (non-hydrogen) atoms. The third-order valence-corrected chi connectivity index (χ3v) is 6.76. The van der Waals surface area contributed by atoms with Gasteiger partial charge >= 0.3 is 11.7 Å². The summed E-state index contributed by atoms with van der Waals surface area (Å²) in [6.07, 6.45) is 0. The minimum Gasteiger partial charge on any atom is -0.351 e. The molecule has 6 nitrogen and oxygen atoms in total. The number of hydrogen-bond acceptors (Lipinski definition) is 6. The molecule has 4 rings (SSSR count). The molecule has 2 heterocycles. The van der Waals surface area contributed by atoms with Crippen LogP contribution in [0.25, 0.3) is 40.6 Å². The summed E-state index contributed by atoms with van der Waals surface area (Å²) in [6.45, 7) is 18.1. The Morgan fingerprint density at radius 3 is 1.50 bits per heavy atom. The van der Waals surface area contributed by atoms with Crippen LogP contribution in [0.5, 0.6) is 0 Å². The fourth-order valence-electron chi connectivity index (χ4n) is 3.33. The standard InChI is InChI=1S/C22H10N6S2/c1-11-5-15-16(21-13(11)7-19(29-21)27-17(9-23)25-3)6-12(2)14-8-20(30-22(14)15)28-18(10-24)26-4/h5-8H,1-2H3. The maximum atomic E-state index is 9.01. The molecule has 0 bridgehead atoms.